The zero-order chi connectivity index (χ0) is 18.5. The Kier molecular flexibility index (Phi) is 3.96. The number of H-pyrrole nitrogens is 1. The van der Waals surface area contributed by atoms with Crippen molar-refractivity contribution in [2.75, 3.05) is 31.1 Å². The van der Waals surface area contributed by atoms with Gasteiger partial charge in [-0.1, -0.05) is 0 Å². The predicted octanol–water partition coefficient (Wildman–Crippen LogP) is -0.774. The second-order valence-electron chi connectivity index (χ2n) is 6.79. The van der Waals surface area contributed by atoms with Gasteiger partial charge in [-0.3, -0.25) is 19.3 Å². The van der Waals surface area contributed by atoms with Crippen molar-refractivity contribution in [3.63, 3.8) is 0 Å². The molecule has 2 unspecified atom stereocenters. The number of nitrogens with one attached hydrogen (secondary N) is 1. The molecule has 0 aromatic carbocycles. The van der Waals surface area contributed by atoms with E-state index in [-0.39, 0.29) is 22.3 Å². The van der Waals surface area contributed by atoms with Crippen LogP contribution in [0.2, 0.25) is 0 Å². The summed E-state index contributed by atoms with van der Waals surface area (Å²) in [5, 5.41) is 0. The normalized spacial score (nSPS) is 23.3. The fourth-order valence-electron chi connectivity index (χ4n) is 3.71. The first-order valence-corrected chi connectivity index (χ1v) is 9.76. The second kappa shape index (κ2) is 6.06. The fraction of sp³-hybridized carbons (Fsp3) is 0.438. The van der Waals surface area contributed by atoms with Crippen molar-refractivity contribution in [2.24, 2.45) is 18.9 Å². The number of sulfonamides is 1. The number of anilines is 1. The van der Waals surface area contributed by atoms with Crippen molar-refractivity contribution in [3.05, 3.63) is 51.4 Å². The molecule has 2 aromatic heterocycles. The van der Waals surface area contributed by atoms with Gasteiger partial charge in [0.25, 0.3) is 5.56 Å². The van der Waals surface area contributed by atoms with Gasteiger partial charge in [-0.15, -0.1) is 0 Å². The van der Waals surface area contributed by atoms with Crippen molar-refractivity contribution in [1.29, 1.82) is 0 Å². The SMILES string of the molecule is Cn1c(=O)cc(N2CC3CN(S(=O)(=O)c4cccnc4)CC3C2)[nH]c1=O. The molecule has 4 rings (SSSR count). The zero-order valence-corrected chi connectivity index (χ0v) is 15.0. The highest BCUT2D eigenvalue weighted by molar-refractivity contribution is 7.89. The van der Waals surface area contributed by atoms with Crippen LogP contribution in [0.15, 0.2) is 45.1 Å². The minimum Gasteiger partial charge on any atom is -0.357 e. The Bertz CT molecular complexity index is 1000. The van der Waals surface area contributed by atoms with Crippen LogP contribution in [0.4, 0.5) is 5.82 Å². The third kappa shape index (κ3) is 2.74. The lowest BCUT2D eigenvalue weighted by atomic mass is 10.0. The van der Waals surface area contributed by atoms with Gasteiger partial charge in [0.05, 0.1) is 0 Å². The van der Waals surface area contributed by atoms with Crippen LogP contribution in [-0.4, -0.2) is 53.4 Å². The summed E-state index contributed by atoms with van der Waals surface area (Å²) >= 11 is 0. The maximum Gasteiger partial charge on any atom is 0.329 e. The van der Waals surface area contributed by atoms with Gasteiger partial charge >= 0.3 is 5.69 Å². The molecule has 0 amide bonds. The largest absolute Gasteiger partial charge is 0.357 e. The van der Waals surface area contributed by atoms with Gasteiger partial charge in [-0.2, -0.15) is 4.31 Å². The van der Waals surface area contributed by atoms with E-state index < -0.39 is 15.7 Å². The summed E-state index contributed by atoms with van der Waals surface area (Å²) in [4.78, 5) is 32.4. The lowest BCUT2D eigenvalue weighted by Crippen LogP contribution is -2.37. The molecule has 10 heteroatoms. The Morgan fingerprint density at radius 1 is 1.15 bits per heavy atom. The smallest absolute Gasteiger partial charge is 0.329 e. The molecule has 2 aliphatic heterocycles. The molecule has 26 heavy (non-hydrogen) atoms. The van der Waals surface area contributed by atoms with Gasteiger partial charge in [0.2, 0.25) is 10.0 Å². The quantitative estimate of drug-likeness (QED) is 0.752. The summed E-state index contributed by atoms with van der Waals surface area (Å²) < 4.78 is 28.0. The Morgan fingerprint density at radius 2 is 1.85 bits per heavy atom. The molecular formula is C16H19N5O4S. The van der Waals surface area contributed by atoms with E-state index in [0.29, 0.717) is 32.0 Å². The molecule has 4 heterocycles. The highest BCUT2D eigenvalue weighted by Gasteiger charge is 2.44. The molecule has 2 fully saturated rings. The van der Waals surface area contributed by atoms with Crippen molar-refractivity contribution >= 4 is 15.8 Å². The first-order valence-electron chi connectivity index (χ1n) is 8.32. The van der Waals surface area contributed by atoms with E-state index in [2.05, 4.69) is 9.97 Å². The third-order valence-corrected chi connectivity index (χ3v) is 7.01. The summed E-state index contributed by atoms with van der Waals surface area (Å²) in [6.07, 6.45) is 2.90. The lowest BCUT2D eigenvalue weighted by Gasteiger charge is -2.22. The van der Waals surface area contributed by atoms with Crippen LogP contribution in [0.25, 0.3) is 0 Å². The van der Waals surface area contributed by atoms with Gasteiger partial charge in [0.1, 0.15) is 10.7 Å². The predicted molar refractivity (Wildman–Crippen MR) is 94.5 cm³/mol. The number of aromatic nitrogens is 3. The Labute approximate surface area is 150 Å². The van der Waals surface area contributed by atoms with Crippen molar-refractivity contribution in [2.45, 2.75) is 4.90 Å². The Hall–Kier alpha value is -2.46. The summed E-state index contributed by atoms with van der Waals surface area (Å²) in [7, 11) is -2.12. The van der Waals surface area contributed by atoms with Gasteiger partial charge < -0.3 is 4.90 Å². The molecule has 9 nitrogen and oxygen atoms in total. The van der Waals surface area contributed by atoms with E-state index >= 15 is 0 Å². The minimum absolute atomic E-state index is 0.161. The van der Waals surface area contributed by atoms with Crippen LogP contribution in [0.1, 0.15) is 0 Å². The van der Waals surface area contributed by atoms with Crippen molar-refractivity contribution < 1.29 is 8.42 Å². The molecule has 0 spiro atoms. The number of hydrogen-bond acceptors (Lipinski definition) is 6. The summed E-state index contributed by atoms with van der Waals surface area (Å²) in [5.74, 6) is 0.817. The molecule has 138 valence electrons. The highest BCUT2D eigenvalue weighted by atomic mass is 32.2. The number of pyridine rings is 1. The van der Waals surface area contributed by atoms with Crippen LogP contribution >= 0.6 is 0 Å². The van der Waals surface area contributed by atoms with E-state index in [1.54, 1.807) is 18.3 Å². The van der Waals surface area contributed by atoms with E-state index in [1.807, 2.05) is 4.90 Å². The summed E-state index contributed by atoms with van der Waals surface area (Å²) in [6.45, 7) is 2.06. The van der Waals surface area contributed by atoms with Crippen LogP contribution in [0.5, 0.6) is 0 Å². The first-order chi connectivity index (χ1) is 12.4. The van der Waals surface area contributed by atoms with Crippen molar-refractivity contribution in [1.82, 2.24) is 18.8 Å². The summed E-state index contributed by atoms with van der Waals surface area (Å²) in [5.41, 5.74) is -0.813. The molecule has 2 aromatic rings. The second-order valence-corrected chi connectivity index (χ2v) is 8.73. The number of nitrogens with zero attached hydrogens (tertiary/aromatic N) is 4. The molecule has 2 aliphatic rings. The molecule has 0 saturated carbocycles. The minimum atomic E-state index is -3.54. The number of hydrogen-bond donors (Lipinski definition) is 1. The van der Waals surface area contributed by atoms with Crippen LogP contribution in [0, 0.1) is 11.8 Å². The Morgan fingerprint density at radius 3 is 2.42 bits per heavy atom. The lowest BCUT2D eigenvalue weighted by molar-refractivity contribution is 0.452. The van der Waals surface area contributed by atoms with E-state index in [4.69, 9.17) is 0 Å². The van der Waals surface area contributed by atoms with Gasteiger partial charge in [-0.05, 0) is 24.0 Å². The van der Waals surface area contributed by atoms with E-state index in [0.717, 1.165) is 4.57 Å². The average molecular weight is 377 g/mol. The molecule has 0 aliphatic carbocycles. The maximum atomic E-state index is 12.7. The highest BCUT2D eigenvalue weighted by Crippen LogP contribution is 2.35. The third-order valence-electron chi connectivity index (χ3n) is 5.20. The fourth-order valence-corrected chi connectivity index (χ4v) is 5.22. The van der Waals surface area contributed by atoms with Crippen LogP contribution in [0.3, 0.4) is 0 Å². The van der Waals surface area contributed by atoms with Crippen LogP contribution in [-0.2, 0) is 17.1 Å². The number of aromatic amines is 1. The maximum absolute atomic E-state index is 12.7. The molecule has 2 atom stereocenters. The summed E-state index contributed by atoms with van der Waals surface area (Å²) in [6, 6.07) is 4.57. The van der Waals surface area contributed by atoms with E-state index in [1.165, 1.54) is 23.6 Å². The molecular weight excluding hydrogens is 358 g/mol. The van der Waals surface area contributed by atoms with Gasteiger partial charge in [0.15, 0.2) is 0 Å². The van der Waals surface area contributed by atoms with Gasteiger partial charge in [-0.25, -0.2) is 13.2 Å². The molecule has 2 saturated heterocycles. The van der Waals surface area contributed by atoms with Gasteiger partial charge in [0, 0.05) is 51.7 Å². The average Bonchev–Trinajstić information content (AvgIpc) is 3.19. The number of fused-ring (bicyclic) bond motifs is 1. The number of rotatable bonds is 3. The molecule has 1 N–H and O–H groups in total. The van der Waals surface area contributed by atoms with Crippen LogP contribution < -0.4 is 16.1 Å². The zero-order valence-electron chi connectivity index (χ0n) is 14.2. The molecule has 0 bridgehead atoms. The standard InChI is InChI=1S/C16H19N5O4S/c1-19-15(22)5-14(18-16(19)23)20-7-11-9-21(10-12(11)8-20)26(24,25)13-3-2-4-17-6-13/h2-6,11-12H,7-10H2,1H3,(H,18,23). The van der Waals surface area contributed by atoms with E-state index in [9.17, 15) is 18.0 Å². The van der Waals surface area contributed by atoms with Crippen molar-refractivity contribution in [3.8, 4) is 0 Å². The monoisotopic (exact) mass is 377 g/mol. The topological polar surface area (TPSA) is 108 Å². The Balaban J connectivity index is 1.51. The molecule has 0 radical (unpaired) electrons. The first kappa shape index (κ1) is 17.0.